The minimum absolute atomic E-state index is 0.264. The number of ether oxygens (including phenoxy) is 1. The molecule has 0 bridgehead atoms. The molecular formula is C19H14Cl2O2. The van der Waals surface area contributed by atoms with E-state index in [0.717, 1.165) is 5.56 Å². The number of halogens is 2. The summed E-state index contributed by atoms with van der Waals surface area (Å²) in [5.41, 5.74) is 2.01. The van der Waals surface area contributed by atoms with Crippen LogP contribution in [0.3, 0.4) is 0 Å². The zero-order chi connectivity index (χ0) is 16.7. The van der Waals surface area contributed by atoms with Gasteiger partial charge in [0.15, 0.2) is 0 Å². The predicted octanol–water partition coefficient (Wildman–Crippen LogP) is 4.99. The molecule has 0 spiro atoms. The van der Waals surface area contributed by atoms with Crippen LogP contribution in [0.4, 0.5) is 0 Å². The fourth-order valence-electron chi connectivity index (χ4n) is 1.88. The number of rotatable bonds is 3. The van der Waals surface area contributed by atoms with Gasteiger partial charge in [0, 0.05) is 27.6 Å². The molecule has 0 atom stereocenters. The molecule has 2 nitrogen and oxygen atoms in total. The number of benzene rings is 2. The summed E-state index contributed by atoms with van der Waals surface area (Å²) in [4.78, 5) is 11.9. The fraction of sp³-hybridized carbons (Fsp3) is 0.105. The zero-order valence-corrected chi connectivity index (χ0v) is 14.0. The van der Waals surface area contributed by atoms with Crippen LogP contribution < -0.4 is 0 Å². The van der Waals surface area contributed by atoms with E-state index >= 15 is 0 Å². The van der Waals surface area contributed by atoms with Gasteiger partial charge in [-0.15, -0.1) is 0 Å². The summed E-state index contributed by atoms with van der Waals surface area (Å²) in [6, 6.07) is 14.6. The van der Waals surface area contributed by atoms with Crippen LogP contribution >= 0.6 is 23.2 Å². The number of methoxy groups -OCH3 is 1. The third kappa shape index (κ3) is 5.17. The van der Waals surface area contributed by atoms with Crippen molar-refractivity contribution < 1.29 is 9.53 Å². The van der Waals surface area contributed by atoms with Crippen molar-refractivity contribution in [2.45, 2.75) is 6.42 Å². The van der Waals surface area contributed by atoms with E-state index < -0.39 is 5.97 Å². The van der Waals surface area contributed by atoms with Gasteiger partial charge in [-0.2, -0.15) is 0 Å². The van der Waals surface area contributed by atoms with Gasteiger partial charge in [-0.3, -0.25) is 0 Å². The first-order chi connectivity index (χ1) is 11.1. The maximum atomic E-state index is 11.9. The molecule has 0 saturated carbocycles. The van der Waals surface area contributed by atoms with E-state index in [2.05, 4.69) is 11.8 Å². The van der Waals surface area contributed by atoms with Gasteiger partial charge in [-0.1, -0.05) is 59.3 Å². The number of esters is 1. The Bertz CT molecular complexity index is 784. The standard InChI is InChI=1S/C19H14Cl2O2/c1-23-19(22)16(9-5-8-14-6-3-2-4-7-14)12-15-10-11-17(20)13-18(15)21/h2-4,6-7,10-13H,9H2,1H3/b16-12+. The molecule has 23 heavy (non-hydrogen) atoms. The van der Waals surface area contributed by atoms with Crippen molar-refractivity contribution in [2.75, 3.05) is 7.11 Å². The molecule has 0 aliphatic heterocycles. The molecule has 0 aliphatic carbocycles. The van der Waals surface area contributed by atoms with Crippen LogP contribution in [-0.2, 0) is 9.53 Å². The largest absolute Gasteiger partial charge is 0.466 e. The molecule has 0 amide bonds. The Morgan fingerprint density at radius 3 is 2.57 bits per heavy atom. The van der Waals surface area contributed by atoms with E-state index in [0.29, 0.717) is 21.2 Å². The smallest absolute Gasteiger partial charge is 0.334 e. The number of carbonyl (C=O) groups is 1. The molecule has 2 aromatic carbocycles. The third-order valence-electron chi connectivity index (χ3n) is 3.03. The van der Waals surface area contributed by atoms with E-state index in [1.807, 2.05) is 30.3 Å². The molecule has 0 saturated heterocycles. The van der Waals surface area contributed by atoms with Gasteiger partial charge in [0.1, 0.15) is 0 Å². The van der Waals surface area contributed by atoms with Crippen LogP contribution in [0.2, 0.25) is 10.0 Å². The average Bonchev–Trinajstić information content (AvgIpc) is 2.56. The molecule has 0 aromatic heterocycles. The summed E-state index contributed by atoms with van der Waals surface area (Å²) in [6.07, 6.45) is 1.94. The summed E-state index contributed by atoms with van der Waals surface area (Å²) < 4.78 is 4.81. The maximum absolute atomic E-state index is 11.9. The molecule has 0 aliphatic rings. The van der Waals surface area contributed by atoms with Gasteiger partial charge >= 0.3 is 5.97 Å². The second-order valence-corrected chi connectivity index (χ2v) is 5.52. The first-order valence-corrected chi connectivity index (χ1v) is 7.63. The van der Waals surface area contributed by atoms with Gasteiger partial charge in [-0.05, 0) is 35.9 Å². The van der Waals surface area contributed by atoms with E-state index in [1.165, 1.54) is 7.11 Å². The Kier molecular flexibility index (Phi) is 6.29. The zero-order valence-electron chi connectivity index (χ0n) is 12.5. The monoisotopic (exact) mass is 344 g/mol. The minimum Gasteiger partial charge on any atom is -0.466 e. The van der Waals surface area contributed by atoms with Crippen LogP contribution in [0.5, 0.6) is 0 Å². The lowest BCUT2D eigenvalue weighted by molar-refractivity contribution is -0.136. The quantitative estimate of drug-likeness (QED) is 0.445. The van der Waals surface area contributed by atoms with Crippen molar-refractivity contribution in [3.05, 3.63) is 75.3 Å². The van der Waals surface area contributed by atoms with Crippen molar-refractivity contribution in [1.29, 1.82) is 0 Å². The highest BCUT2D eigenvalue weighted by atomic mass is 35.5. The van der Waals surface area contributed by atoms with E-state index in [9.17, 15) is 4.79 Å². The summed E-state index contributed by atoms with van der Waals surface area (Å²) in [5, 5.41) is 1.01. The Balaban J connectivity index is 2.25. The predicted molar refractivity (Wildman–Crippen MR) is 94.4 cm³/mol. The summed E-state index contributed by atoms with van der Waals surface area (Å²) in [6.45, 7) is 0. The average molecular weight is 345 g/mol. The van der Waals surface area contributed by atoms with Crippen molar-refractivity contribution >= 4 is 35.2 Å². The normalized spacial score (nSPS) is 10.7. The minimum atomic E-state index is -0.432. The molecule has 2 rings (SSSR count). The van der Waals surface area contributed by atoms with E-state index in [1.54, 1.807) is 24.3 Å². The second-order valence-electron chi connectivity index (χ2n) is 4.67. The summed E-state index contributed by atoms with van der Waals surface area (Å²) >= 11 is 12.0. The van der Waals surface area contributed by atoms with Crippen LogP contribution in [0.1, 0.15) is 17.5 Å². The lowest BCUT2D eigenvalue weighted by atomic mass is 10.1. The molecule has 0 N–H and O–H groups in total. The van der Waals surface area contributed by atoms with Crippen molar-refractivity contribution in [2.24, 2.45) is 0 Å². The molecule has 0 fully saturated rings. The molecular weight excluding hydrogens is 331 g/mol. The van der Waals surface area contributed by atoms with Gasteiger partial charge in [0.2, 0.25) is 0 Å². The summed E-state index contributed by atoms with van der Waals surface area (Å²) in [7, 11) is 1.34. The Morgan fingerprint density at radius 2 is 1.91 bits per heavy atom. The first-order valence-electron chi connectivity index (χ1n) is 6.88. The van der Waals surface area contributed by atoms with E-state index in [4.69, 9.17) is 27.9 Å². The van der Waals surface area contributed by atoms with Gasteiger partial charge in [-0.25, -0.2) is 4.79 Å². The van der Waals surface area contributed by atoms with Crippen LogP contribution in [0, 0.1) is 11.8 Å². The molecule has 0 radical (unpaired) electrons. The molecule has 116 valence electrons. The molecule has 0 unspecified atom stereocenters. The number of hydrogen-bond donors (Lipinski definition) is 0. The lowest BCUT2D eigenvalue weighted by Crippen LogP contribution is -2.04. The Morgan fingerprint density at radius 1 is 1.17 bits per heavy atom. The maximum Gasteiger partial charge on any atom is 0.334 e. The SMILES string of the molecule is COC(=O)/C(=C/c1ccc(Cl)cc1Cl)CC#Cc1ccccc1. The topological polar surface area (TPSA) is 26.3 Å². The number of hydrogen-bond acceptors (Lipinski definition) is 2. The Hall–Kier alpha value is -2.21. The second kappa shape index (κ2) is 8.43. The lowest BCUT2D eigenvalue weighted by Gasteiger charge is -2.04. The van der Waals surface area contributed by atoms with Crippen LogP contribution in [-0.4, -0.2) is 13.1 Å². The van der Waals surface area contributed by atoms with Gasteiger partial charge in [0.25, 0.3) is 0 Å². The van der Waals surface area contributed by atoms with Crippen molar-refractivity contribution in [3.8, 4) is 11.8 Å². The highest BCUT2D eigenvalue weighted by molar-refractivity contribution is 6.35. The fourth-order valence-corrected chi connectivity index (χ4v) is 2.35. The van der Waals surface area contributed by atoms with Crippen molar-refractivity contribution in [1.82, 2.24) is 0 Å². The number of carbonyl (C=O) groups excluding carboxylic acids is 1. The van der Waals surface area contributed by atoms with Crippen LogP contribution in [0.15, 0.2) is 54.1 Å². The van der Waals surface area contributed by atoms with Gasteiger partial charge in [0.05, 0.1) is 7.11 Å². The highest BCUT2D eigenvalue weighted by Crippen LogP contribution is 2.24. The third-order valence-corrected chi connectivity index (χ3v) is 3.59. The molecule has 0 heterocycles. The van der Waals surface area contributed by atoms with E-state index in [-0.39, 0.29) is 6.42 Å². The first kappa shape index (κ1) is 17.1. The Labute approximate surface area is 145 Å². The summed E-state index contributed by atoms with van der Waals surface area (Å²) in [5.74, 6) is 5.56. The molecule has 2 aromatic rings. The molecule has 4 heteroatoms. The highest BCUT2D eigenvalue weighted by Gasteiger charge is 2.09. The van der Waals surface area contributed by atoms with Crippen molar-refractivity contribution in [3.63, 3.8) is 0 Å². The van der Waals surface area contributed by atoms with Crippen LogP contribution in [0.25, 0.3) is 6.08 Å². The van der Waals surface area contributed by atoms with Gasteiger partial charge < -0.3 is 4.74 Å².